The number of sulfonamides is 1. The first-order valence-electron chi connectivity index (χ1n) is 6.30. The van der Waals surface area contributed by atoms with E-state index in [9.17, 15) is 8.42 Å². The standard InChI is InChI=1S/C13H18N4O3S/c1-14-9-10-4-5-11(20-3)12(8-10)21(18,19)16-13-6-7-17(2)15-13/h4-8,14H,9H2,1-3H3,(H,15,16). The molecule has 1 heterocycles. The van der Waals surface area contributed by atoms with Crippen LogP contribution in [0.2, 0.25) is 0 Å². The van der Waals surface area contributed by atoms with E-state index in [1.807, 2.05) is 6.07 Å². The predicted molar refractivity (Wildman–Crippen MR) is 79.8 cm³/mol. The number of aryl methyl sites for hydroxylation is 1. The number of anilines is 1. The number of aromatic nitrogens is 2. The van der Waals surface area contributed by atoms with Crippen LogP contribution in [0.3, 0.4) is 0 Å². The smallest absolute Gasteiger partial charge is 0.266 e. The van der Waals surface area contributed by atoms with Crippen molar-refractivity contribution in [1.82, 2.24) is 15.1 Å². The largest absolute Gasteiger partial charge is 0.495 e. The van der Waals surface area contributed by atoms with Gasteiger partial charge in [0, 0.05) is 25.9 Å². The van der Waals surface area contributed by atoms with Gasteiger partial charge < -0.3 is 10.1 Å². The molecule has 0 fully saturated rings. The number of nitrogens with zero attached hydrogens (tertiary/aromatic N) is 2. The Balaban J connectivity index is 2.39. The van der Waals surface area contributed by atoms with Crippen LogP contribution in [0.4, 0.5) is 5.82 Å². The number of hydrogen-bond donors (Lipinski definition) is 2. The molecule has 114 valence electrons. The molecule has 0 atom stereocenters. The summed E-state index contributed by atoms with van der Waals surface area (Å²) in [5.74, 6) is 0.553. The molecule has 2 N–H and O–H groups in total. The van der Waals surface area contributed by atoms with Crippen LogP contribution in [0.1, 0.15) is 5.56 Å². The first-order valence-corrected chi connectivity index (χ1v) is 7.78. The van der Waals surface area contributed by atoms with Gasteiger partial charge in [-0.15, -0.1) is 0 Å². The third-order valence-corrected chi connectivity index (χ3v) is 4.23. The summed E-state index contributed by atoms with van der Waals surface area (Å²) < 4.78 is 34.1. The molecule has 1 aromatic heterocycles. The molecule has 0 amide bonds. The van der Waals surface area contributed by atoms with Gasteiger partial charge in [0.15, 0.2) is 5.82 Å². The van der Waals surface area contributed by atoms with Crippen LogP contribution >= 0.6 is 0 Å². The molecular formula is C13H18N4O3S. The van der Waals surface area contributed by atoms with Crippen molar-refractivity contribution in [3.05, 3.63) is 36.0 Å². The molecule has 0 aliphatic heterocycles. The summed E-state index contributed by atoms with van der Waals surface area (Å²) in [4.78, 5) is 0.0865. The second kappa shape index (κ2) is 6.15. The fourth-order valence-corrected chi connectivity index (χ4v) is 3.12. The topological polar surface area (TPSA) is 85.2 Å². The summed E-state index contributed by atoms with van der Waals surface area (Å²) in [7, 11) is 1.19. The van der Waals surface area contributed by atoms with E-state index in [-0.39, 0.29) is 10.7 Å². The Morgan fingerprint density at radius 3 is 2.67 bits per heavy atom. The fraction of sp³-hybridized carbons (Fsp3) is 0.308. The van der Waals surface area contributed by atoms with Gasteiger partial charge >= 0.3 is 0 Å². The molecule has 0 unspecified atom stereocenters. The van der Waals surface area contributed by atoms with E-state index in [1.54, 1.807) is 38.5 Å². The van der Waals surface area contributed by atoms with Crippen molar-refractivity contribution in [2.75, 3.05) is 18.9 Å². The molecule has 2 rings (SSSR count). The van der Waals surface area contributed by atoms with Crippen molar-refractivity contribution in [2.24, 2.45) is 7.05 Å². The van der Waals surface area contributed by atoms with Crippen LogP contribution in [-0.2, 0) is 23.6 Å². The maximum atomic E-state index is 12.5. The van der Waals surface area contributed by atoms with Gasteiger partial charge in [-0.1, -0.05) is 6.07 Å². The van der Waals surface area contributed by atoms with E-state index in [2.05, 4.69) is 15.1 Å². The van der Waals surface area contributed by atoms with Crippen LogP contribution in [-0.4, -0.2) is 32.4 Å². The Bertz CT molecular complexity index is 725. The number of rotatable bonds is 6. The Hall–Kier alpha value is -2.06. The fourth-order valence-electron chi connectivity index (χ4n) is 1.91. The minimum absolute atomic E-state index is 0.0865. The van der Waals surface area contributed by atoms with Crippen molar-refractivity contribution < 1.29 is 13.2 Å². The molecule has 1 aromatic carbocycles. The second-order valence-electron chi connectivity index (χ2n) is 4.50. The first-order chi connectivity index (χ1) is 9.96. The van der Waals surface area contributed by atoms with E-state index in [4.69, 9.17) is 4.74 Å². The van der Waals surface area contributed by atoms with E-state index >= 15 is 0 Å². The number of methoxy groups -OCH3 is 1. The van der Waals surface area contributed by atoms with Gasteiger partial charge in [0.1, 0.15) is 10.6 Å². The zero-order valence-corrected chi connectivity index (χ0v) is 12.9. The minimum Gasteiger partial charge on any atom is -0.495 e. The summed E-state index contributed by atoms with van der Waals surface area (Å²) in [5, 5.41) is 6.99. The Kier molecular flexibility index (Phi) is 4.49. The Morgan fingerprint density at radius 2 is 2.10 bits per heavy atom. The summed E-state index contributed by atoms with van der Waals surface area (Å²) >= 11 is 0. The molecule has 0 aliphatic rings. The highest BCUT2D eigenvalue weighted by Gasteiger charge is 2.21. The summed E-state index contributed by atoms with van der Waals surface area (Å²) in [6, 6.07) is 6.62. The number of benzene rings is 1. The molecule has 8 heteroatoms. The van der Waals surface area contributed by atoms with Gasteiger partial charge in [0.2, 0.25) is 0 Å². The average Bonchev–Trinajstić information content (AvgIpc) is 2.83. The third kappa shape index (κ3) is 3.53. The quantitative estimate of drug-likeness (QED) is 0.830. The lowest BCUT2D eigenvalue weighted by molar-refractivity contribution is 0.402. The molecular weight excluding hydrogens is 292 g/mol. The van der Waals surface area contributed by atoms with E-state index in [0.717, 1.165) is 5.56 Å². The summed E-state index contributed by atoms with van der Waals surface area (Å²) in [6.07, 6.45) is 1.66. The monoisotopic (exact) mass is 310 g/mol. The summed E-state index contributed by atoms with van der Waals surface area (Å²) in [6.45, 7) is 0.566. The molecule has 21 heavy (non-hydrogen) atoms. The average molecular weight is 310 g/mol. The Morgan fingerprint density at radius 1 is 1.33 bits per heavy atom. The number of ether oxygens (including phenoxy) is 1. The highest BCUT2D eigenvalue weighted by atomic mass is 32.2. The van der Waals surface area contributed by atoms with Crippen LogP contribution in [0.25, 0.3) is 0 Å². The summed E-state index contributed by atoms with van der Waals surface area (Å²) in [5.41, 5.74) is 0.847. The molecule has 0 spiro atoms. The normalized spacial score (nSPS) is 11.4. The molecule has 2 aromatic rings. The zero-order valence-electron chi connectivity index (χ0n) is 12.1. The maximum absolute atomic E-state index is 12.5. The van der Waals surface area contributed by atoms with Crippen molar-refractivity contribution in [3.63, 3.8) is 0 Å². The lowest BCUT2D eigenvalue weighted by Crippen LogP contribution is -2.15. The SMILES string of the molecule is CNCc1ccc(OC)c(S(=O)(=O)Nc2ccn(C)n2)c1. The lowest BCUT2D eigenvalue weighted by Gasteiger charge is -2.12. The van der Waals surface area contributed by atoms with Crippen molar-refractivity contribution >= 4 is 15.8 Å². The van der Waals surface area contributed by atoms with Crippen molar-refractivity contribution in [2.45, 2.75) is 11.4 Å². The third-order valence-electron chi connectivity index (χ3n) is 2.85. The van der Waals surface area contributed by atoms with Gasteiger partial charge in [0.05, 0.1) is 7.11 Å². The van der Waals surface area contributed by atoms with Crippen molar-refractivity contribution in [1.29, 1.82) is 0 Å². The molecule has 0 bridgehead atoms. The van der Waals surface area contributed by atoms with Crippen LogP contribution in [0.5, 0.6) is 5.75 Å². The number of hydrogen-bond acceptors (Lipinski definition) is 5. The second-order valence-corrected chi connectivity index (χ2v) is 6.15. The van der Waals surface area contributed by atoms with Gasteiger partial charge in [-0.2, -0.15) is 5.10 Å². The van der Waals surface area contributed by atoms with E-state index in [0.29, 0.717) is 12.3 Å². The van der Waals surface area contributed by atoms with E-state index in [1.165, 1.54) is 11.8 Å². The van der Waals surface area contributed by atoms with Crippen LogP contribution < -0.4 is 14.8 Å². The van der Waals surface area contributed by atoms with Crippen LogP contribution in [0, 0.1) is 0 Å². The molecule has 0 aliphatic carbocycles. The highest BCUT2D eigenvalue weighted by molar-refractivity contribution is 7.92. The number of nitrogens with one attached hydrogen (secondary N) is 2. The van der Waals surface area contributed by atoms with Crippen LogP contribution in [0.15, 0.2) is 35.4 Å². The van der Waals surface area contributed by atoms with Gasteiger partial charge in [-0.3, -0.25) is 9.40 Å². The molecule has 0 saturated carbocycles. The lowest BCUT2D eigenvalue weighted by atomic mass is 10.2. The Labute approximate surface area is 124 Å². The van der Waals surface area contributed by atoms with Gasteiger partial charge in [0.25, 0.3) is 10.0 Å². The molecule has 0 saturated heterocycles. The highest BCUT2D eigenvalue weighted by Crippen LogP contribution is 2.26. The maximum Gasteiger partial charge on any atom is 0.266 e. The van der Waals surface area contributed by atoms with Crippen molar-refractivity contribution in [3.8, 4) is 5.75 Å². The minimum atomic E-state index is -3.76. The van der Waals surface area contributed by atoms with Gasteiger partial charge in [-0.05, 0) is 24.7 Å². The van der Waals surface area contributed by atoms with E-state index < -0.39 is 10.0 Å². The molecule has 0 radical (unpaired) electrons. The first kappa shape index (κ1) is 15.3. The zero-order chi connectivity index (χ0) is 15.5. The predicted octanol–water partition coefficient (Wildman–Crippen LogP) is 0.949. The van der Waals surface area contributed by atoms with Gasteiger partial charge in [-0.25, -0.2) is 8.42 Å². The molecule has 7 nitrogen and oxygen atoms in total.